The van der Waals surface area contributed by atoms with Crippen LogP contribution in [0.4, 0.5) is 0 Å². The fraction of sp³-hybridized carbons (Fsp3) is 0.143. The molecule has 0 bridgehead atoms. The van der Waals surface area contributed by atoms with Gasteiger partial charge in [0.05, 0.1) is 16.9 Å². The predicted octanol–water partition coefficient (Wildman–Crippen LogP) is 6.08. The van der Waals surface area contributed by atoms with Crippen molar-refractivity contribution in [3.63, 3.8) is 0 Å². The standard InChI is InChI=1S/C21H18N4.C7H3BrN4/c1-21(2,3)17-8-14-6-4-5-7-18(14)19(9-17)16-11-23-20-15(10-22)12-24-25(20)13-16;8-6-3-10-7-5(1-9)2-11-12(7)4-6/h4-9,11-13H,1-3H3;2-4H. The van der Waals surface area contributed by atoms with Gasteiger partial charge in [-0.05, 0) is 49.3 Å². The lowest BCUT2D eigenvalue weighted by atomic mass is 9.83. The molecule has 0 N–H and O–H groups in total. The van der Waals surface area contributed by atoms with Gasteiger partial charge in [0, 0.05) is 30.4 Å². The lowest BCUT2D eigenvalue weighted by Crippen LogP contribution is -2.11. The average Bonchev–Trinajstić information content (AvgIpc) is 3.50. The van der Waals surface area contributed by atoms with Crippen molar-refractivity contribution in [2.24, 2.45) is 0 Å². The van der Waals surface area contributed by atoms with Gasteiger partial charge in [0.2, 0.25) is 0 Å². The van der Waals surface area contributed by atoms with Crippen LogP contribution in [-0.4, -0.2) is 29.2 Å². The Kier molecular flexibility index (Phi) is 6.16. The summed E-state index contributed by atoms with van der Waals surface area (Å²) < 4.78 is 4.07. The summed E-state index contributed by atoms with van der Waals surface area (Å²) in [7, 11) is 0. The molecule has 37 heavy (non-hydrogen) atoms. The van der Waals surface area contributed by atoms with E-state index in [4.69, 9.17) is 10.5 Å². The van der Waals surface area contributed by atoms with Crippen LogP contribution in [0.25, 0.3) is 33.2 Å². The molecule has 0 aliphatic heterocycles. The van der Waals surface area contributed by atoms with Gasteiger partial charge in [0.1, 0.15) is 23.3 Å². The van der Waals surface area contributed by atoms with E-state index in [-0.39, 0.29) is 5.41 Å². The summed E-state index contributed by atoms with van der Waals surface area (Å²) >= 11 is 3.26. The maximum atomic E-state index is 9.13. The first-order valence-electron chi connectivity index (χ1n) is 11.4. The Balaban J connectivity index is 0.000000195. The molecule has 0 fully saturated rings. The molecule has 0 atom stereocenters. The summed E-state index contributed by atoms with van der Waals surface area (Å²) in [6.45, 7) is 6.65. The molecule has 0 spiro atoms. The van der Waals surface area contributed by atoms with Crippen LogP contribution >= 0.6 is 15.9 Å². The Bertz CT molecular complexity index is 1860. The fourth-order valence-corrected chi connectivity index (χ4v) is 4.30. The van der Waals surface area contributed by atoms with Crippen molar-refractivity contribution in [1.82, 2.24) is 29.2 Å². The van der Waals surface area contributed by atoms with E-state index in [1.807, 2.05) is 18.5 Å². The maximum absolute atomic E-state index is 9.13. The number of benzene rings is 2. The second-order valence-electron chi connectivity index (χ2n) is 9.49. The number of fused-ring (bicyclic) bond motifs is 3. The Morgan fingerprint density at radius 1 is 0.811 bits per heavy atom. The number of nitrogens with zero attached hydrogens (tertiary/aromatic N) is 8. The van der Waals surface area contributed by atoms with Crippen molar-refractivity contribution in [1.29, 1.82) is 10.5 Å². The monoisotopic (exact) mass is 548 g/mol. The normalized spacial score (nSPS) is 11.2. The van der Waals surface area contributed by atoms with Gasteiger partial charge in [0.25, 0.3) is 0 Å². The van der Waals surface area contributed by atoms with Crippen molar-refractivity contribution in [3.8, 4) is 23.3 Å². The van der Waals surface area contributed by atoms with E-state index in [9.17, 15) is 0 Å². The molecule has 0 radical (unpaired) electrons. The van der Waals surface area contributed by atoms with Gasteiger partial charge < -0.3 is 0 Å². The van der Waals surface area contributed by atoms with Crippen LogP contribution in [0.3, 0.4) is 0 Å². The molecule has 4 aromatic heterocycles. The zero-order chi connectivity index (χ0) is 26.2. The number of hydrogen-bond donors (Lipinski definition) is 0. The van der Waals surface area contributed by atoms with E-state index >= 15 is 0 Å². The lowest BCUT2D eigenvalue weighted by Gasteiger charge is -2.21. The molecule has 6 aromatic rings. The topological polar surface area (TPSA) is 108 Å². The molecule has 0 unspecified atom stereocenters. The second-order valence-corrected chi connectivity index (χ2v) is 10.4. The number of rotatable bonds is 1. The third kappa shape index (κ3) is 4.65. The van der Waals surface area contributed by atoms with Crippen LogP contribution in [0.1, 0.15) is 37.5 Å². The number of nitriles is 2. The van der Waals surface area contributed by atoms with Crippen molar-refractivity contribution in [2.45, 2.75) is 26.2 Å². The third-order valence-corrected chi connectivity index (χ3v) is 6.37. The quantitative estimate of drug-likeness (QED) is 0.246. The van der Waals surface area contributed by atoms with Crippen LogP contribution in [0.15, 0.2) is 78.1 Å². The van der Waals surface area contributed by atoms with Crippen molar-refractivity contribution >= 4 is 38.0 Å². The molecule has 8 nitrogen and oxygen atoms in total. The van der Waals surface area contributed by atoms with E-state index in [2.05, 4.69) is 99.3 Å². The van der Waals surface area contributed by atoms with Crippen molar-refractivity contribution in [3.05, 3.63) is 94.7 Å². The second kappa shape index (κ2) is 9.45. The maximum Gasteiger partial charge on any atom is 0.172 e. The van der Waals surface area contributed by atoms with Crippen molar-refractivity contribution in [2.75, 3.05) is 0 Å². The Labute approximate surface area is 221 Å². The van der Waals surface area contributed by atoms with Crippen LogP contribution in [0.5, 0.6) is 0 Å². The molecule has 0 aliphatic carbocycles. The number of halogens is 1. The Morgan fingerprint density at radius 3 is 2.08 bits per heavy atom. The smallest absolute Gasteiger partial charge is 0.172 e. The van der Waals surface area contributed by atoms with E-state index < -0.39 is 0 Å². The summed E-state index contributed by atoms with van der Waals surface area (Å²) in [5.41, 5.74) is 5.59. The minimum absolute atomic E-state index is 0.0516. The average molecular weight is 549 g/mol. The molecule has 180 valence electrons. The van der Waals surface area contributed by atoms with Gasteiger partial charge in [-0.3, -0.25) is 0 Å². The van der Waals surface area contributed by atoms with E-state index in [0.717, 1.165) is 15.6 Å². The molecule has 0 amide bonds. The molecule has 0 aliphatic rings. The SMILES string of the molecule is CC(C)(C)c1cc(-c2cnc3c(C#N)cnn3c2)c2ccccc2c1.N#Cc1cnn2cc(Br)cnc12. The first-order chi connectivity index (χ1) is 17.8. The highest BCUT2D eigenvalue weighted by Gasteiger charge is 2.17. The molecule has 2 aromatic carbocycles. The minimum atomic E-state index is 0.0516. The summed E-state index contributed by atoms with van der Waals surface area (Å²) in [5.74, 6) is 0. The van der Waals surface area contributed by atoms with Crippen LogP contribution in [0.2, 0.25) is 0 Å². The molecule has 9 heteroatoms. The molecule has 6 rings (SSSR count). The molecule has 0 saturated heterocycles. The summed E-state index contributed by atoms with van der Waals surface area (Å²) in [4.78, 5) is 8.51. The van der Waals surface area contributed by atoms with E-state index in [0.29, 0.717) is 22.4 Å². The van der Waals surface area contributed by atoms with Gasteiger partial charge in [-0.15, -0.1) is 0 Å². The summed E-state index contributed by atoms with van der Waals surface area (Å²) in [6, 6.07) is 17.0. The highest BCUT2D eigenvalue weighted by Crippen LogP contribution is 2.34. The highest BCUT2D eigenvalue weighted by molar-refractivity contribution is 9.10. The van der Waals surface area contributed by atoms with Crippen LogP contribution < -0.4 is 0 Å². The largest absolute Gasteiger partial charge is 0.235 e. The van der Waals surface area contributed by atoms with Gasteiger partial charge in [-0.1, -0.05) is 51.1 Å². The molecule has 0 saturated carbocycles. The number of hydrogen-bond acceptors (Lipinski definition) is 6. The van der Waals surface area contributed by atoms with Crippen LogP contribution in [0, 0.1) is 22.7 Å². The van der Waals surface area contributed by atoms with E-state index in [1.54, 1.807) is 27.6 Å². The van der Waals surface area contributed by atoms with Gasteiger partial charge in [-0.25, -0.2) is 19.0 Å². The predicted molar refractivity (Wildman–Crippen MR) is 145 cm³/mol. The van der Waals surface area contributed by atoms with Crippen molar-refractivity contribution < 1.29 is 0 Å². The highest BCUT2D eigenvalue weighted by atomic mass is 79.9. The number of aromatic nitrogens is 6. The van der Waals surface area contributed by atoms with Gasteiger partial charge in [-0.2, -0.15) is 20.7 Å². The molecular formula is C28H21BrN8. The van der Waals surface area contributed by atoms with Crippen LogP contribution in [-0.2, 0) is 5.41 Å². The minimum Gasteiger partial charge on any atom is -0.235 e. The Hall–Kier alpha value is -4.60. The zero-order valence-electron chi connectivity index (χ0n) is 20.4. The molecular weight excluding hydrogens is 528 g/mol. The summed E-state index contributed by atoms with van der Waals surface area (Å²) in [6.07, 6.45) is 10.2. The molecule has 4 heterocycles. The first-order valence-corrected chi connectivity index (χ1v) is 12.2. The first kappa shape index (κ1) is 24.1. The Morgan fingerprint density at radius 2 is 1.43 bits per heavy atom. The summed E-state index contributed by atoms with van der Waals surface area (Å²) in [5, 5.41) is 28.4. The third-order valence-electron chi connectivity index (χ3n) is 5.96. The van der Waals surface area contributed by atoms with Gasteiger partial charge >= 0.3 is 0 Å². The fourth-order valence-electron chi connectivity index (χ4n) is 4.01. The van der Waals surface area contributed by atoms with E-state index in [1.165, 1.54) is 22.5 Å². The van der Waals surface area contributed by atoms with Gasteiger partial charge in [0.15, 0.2) is 11.3 Å². The zero-order valence-corrected chi connectivity index (χ0v) is 22.0. The lowest BCUT2D eigenvalue weighted by molar-refractivity contribution is 0.591.